The molecule has 0 saturated heterocycles. The van der Waals surface area contributed by atoms with Gasteiger partial charge in [0.25, 0.3) is 0 Å². The number of hydrogen-bond acceptors (Lipinski definition) is 1. The van der Waals surface area contributed by atoms with Gasteiger partial charge in [-0.25, -0.2) is 0 Å². The molecule has 1 aromatic carbocycles. The van der Waals surface area contributed by atoms with Gasteiger partial charge in [0.05, 0.1) is 26.4 Å². The predicted molar refractivity (Wildman–Crippen MR) is 65.4 cm³/mol. The molecule has 0 N–H and O–H groups in total. The molecule has 0 spiro atoms. The molecule has 0 saturated carbocycles. The molecule has 0 bridgehead atoms. The number of nitrogens with zero attached hydrogens (tertiary/aromatic N) is 2. The normalized spacial score (nSPS) is 11.2. The molecule has 0 fully saturated rings. The summed E-state index contributed by atoms with van der Waals surface area (Å²) in [7, 11) is 0. The Kier molecular flexibility index (Phi) is 1.73. The van der Waals surface area contributed by atoms with Crippen LogP contribution in [0.2, 0.25) is 0 Å². The molecular weight excluding hydrogens is 287 g/mol. The fourth-order valence-electron chi connectivity index (χ4n) is 1.68. The Morgan fingerprint density at radius 3 is 2.86 bits per heavy atom. The van der Waals surface area contributed by atoms with Gasteiger partial charge < -0.3 is 4.40 Å². The standard InChI is InChI=1S/C11H7IN2/c12-11-6-5-8-7-13-9-3-1-2-4-10(9)14(8)11/h1-7H. The lowest BCUT2D eigenvalue weighted by Crippen LogP contribution is -1.91. The van der Waals surface area contributed by atoms with Crippen molar-refractivity contribution >= 4 is 39.1 Å². The number of halogens is 1. The van der Waals surface area contributed by atoms with Crippen LogP contribution in [0.5, 0.6) is 0 Å². The highest BCUT2D eigenvalue weighted by Crippen LogP contribution is 2.18. The summed E-state index contributed by atoms with van der Waals surface area (Å²) in [5.41, 5.74) is 3.35. The fraction of sp³-hybridized carbons (Fsp3) is 0. The van der Waals surface area contributed by atoms with Gasteiger partial charge in [-0.3, -0.25) is 4.98 Å². The Hall–Kier alpha value is -1.10. The zero-order valence-electron chi connectivity index (χ0n) is 7.31. The minimum absolute atomic E-state index is 1.04. The summed E-state index contributed by atoms with van der Waals surface area (Å²) in [6, 6.07) is 12.4. The first-order chi connectivity index (χ1) is 6.86. The van der Waals surface area contributed by atoms with Gasteiger partial charge in [0.15, 0.2) is 0 Å². The topological polar surface area (TPSA) is 17.3 Å². The molecule has 0 aliphatic heterocycles. The van der Waals surface area contributed by atoms with Crippen molar-refractivity contribution in [3.8, 4) is 0 Å². The van der Waals surface area contributed by atoms with Crippen molar-refractivity contribution in [3.05, 3.63) is 46.3 Å². The van der Waals surface area contributed by atoms with Crippen LogP contribution in [0.3, 0.4) is 0 Å². The monoisotopic (exact) mass is 294 g/mol. The molecule has 68 valence electrons. The third-order valence-corrected chi connectivity index (χ3v) is 3.16. The summed E-state index contributed by atoms with van der Waals surface area (Å²) < 4.78 is 3.43. The number of rotatable bonds is 0. The fourth-order valence-corrected chi connectivity index (χ4v) is 2.40. The maximum atomic E-state index is 4.40. The van der Waals surface area contributed by atoms with E-state index in [2.05, 4.69) is 50.2 Å². The molecule has 2 nitrogen and oxygen atoms in total. The number of hydrogen-bond donors (Lipinski definition) is 0. The molecule has 3 aromatic rings. The summed E-state index contributed by atoms with van der Waals surface area (Å²) in [5, 5.41) is 0. The van der Waals surface area contributed by atoms with E-state index in [9.17, 15) is 0 Å². The van der Waals surface area contributed by atoms with Crippen LogP contribution in [0.4, 0.5) is 0 Å². The molecule has 14 heavy (non-hydrogen) atoms. The Morgan fingerprint density at radius 1 is 1.07 bits per heavy atom. The van der Waals surface area contributed by atoms with Gasteiger partial charge in [-0.2, -0.15) is 0 Å². The first-order valence-corrected chi connectivity index (χ1v) is 5.45. The minimum Gasteiger partial charge on any atom is -0.301 e. The van der Waals surface area contributed by atoms with Gasteiger partial charge in [-0.15, -0.1) is 0 Å². The van der Waals surface area contributed by atoms with Crippen LogP contribution in [0.25, 0.3) is 16.6 Å². The van der Waals surface area contributed by atoms with Crippen molar-refractivity contribution in [2.24, 2.45) is 0 Å². The van der Waals surface area contributed by atoms with Crippen molar-refractivity contribution < 1.29 is 0 Å². The van der Waals surface area contributed by atoms with Crippen LogP contribution in [-0.4, -0.2) is 9.38 Å². The third-order valence-electron chi connectivity index (χ3n) is 2.32. The molecular formula is C11H7IN2. The molecule has 3 heteroatoms. The molecule has 2 heterocycles. The molecule has 0 atom stereocenters. The van der Waals surface area contributed by atoms with Gasteiger partial charge in [0.1, 0.15) is 0 Å². The second-order valence-electron chi connectivity index (χ2n) is 3.16. The van der Waals surface area contributed by atoms with Gasteiger partial charge in [-0.05, 0) is 46.9 Å². The molecule has 3 rings (SSSR count). The summed E-state index contributed by atoms with van der Waals surface area (Å²) in [4.78, 5) is 4.40. The third kappa shape index (κ3) is 1.05. The molecule has 0 unspecified atom stereocenters. The zero-order chi connectivity index (χ0) is 9.54. The first-order valence-electron chi connectivity index (χ1n) is 4.37. The predicted octanol–water partition coefficient (Wildman–Crippen LogP) is 3.09. The van der Waals surface area contributed by atoms with E-state index < -0.39 is 0 Å². The molecule has 0 amide bonds. The molecule has 0 aliphatic carbocycles. The van der Waals surface area contributed by atoms with E-state index in [-0.39, 0.29) is 0 Å². The lowest BCUT2D eigenvalue weighted by Gasteiger charge is -2.02. The minimum atomic E-state index is 1.04. The highest BCUT2D eigenvalue weighted by atomic mass is 127. The summed E-state index contributed by atoms with van der Waals surface area (Å²) in [6.07, 6.45) is 1.91. The Bertz CT molecular complexity index is 613. The van der Waals surface area contributed by atoms with Crippen LogP contribution in [0, 0.1) is 3.70 Å². The Morgan fingerprint density at radius 2 is 1.93 bits per heavy atom. The number of fused-ring (bicyclic) bond motifs is 3. The Labute approximate surface area is 94.7 Å². The van der Waals surface area contributed by atoms with Gasteiger partial charge in [0.2, 0.25) is 0 Å². The molecule has 2 aromatic heterocycles. The lowest BCUT2D eigenvalue weighted by atomic mass is 10.3. The van der Waals surface area contributed by atoms with Crippen LogP contribution in [-0.2, 0) is 0 Å². The van der Waals surface area contributed by atoms with Crippen LogP contribution in [0.1, 0.15) is 0 Å². The van der Waals surface area contributed by atoms with Gasteiger partial charge in [0, 0.05) is 0 Å². The number of aromatic nitrogens is 2. The summed E-state index contributed by atoms with van der Waals surface area (Å²) >= 11 is 2.34. The van der Waals surface area contributed by atoms with Gasteiger partial charge in [-0.1, -0.05) is 12.1 Å². The van der Waals surface area contributed by atoms with Crippen molar-refractivity contribution in [3.63, 3.8) is 0 Å². The van der Waals surface area contributed by atoms with E-state index in [4.69, 9.17) is 0 Å². The lowest BCUT2D eigenvalue weighted by molar-refractivity contribution is 1.19. The average Bonchev–Trinajstić information content (AvgIpc) is 2.61. The van der Waals surface area contributed by atoms with E-state index in [1.807, 2.05) is 24.4 Å². The van der Waals surface area contributed by atoms with Crippen molar-refractivity contribution in [2.75, 3.05) is 0 Å². The first kappa shape index (κ1) is 8.23. The van der Waals surface area contributed by atoms with Crippen molar-refractivity contribution in [1.82, 2.24) is 9.38 Å². The zero-order valence-corrected chi connectivity index (χ0v) is 9.47. The SMILES string of the molecule is Ic1ccc2cnc3ccccc3n12. The Balaban J connectivity index is 2.65. The molecule has 0 radical (unpaired) electrons. The van der Waals surface area contributed by atoms with Crippen molar-refractivity contribution in [1.29, 1.82) is 0 Å². The van der Waals surface area contributed by atoms with E-state index in [1.165, 1.54) is 9.22 Å². The number of benzene rings is 1. The highest BCUT2D eigenvalue weighted by molar-refractivity contribution is 14.1. The van der Waals surface area contributed by atoms with E-state index >= 15 is 0 Å². The number of para-hydroxylation sites is 2. The maximum absolute atomic E-state index is 4.40. The van der Waals surface area contributed by atoms with Crippen LogP contribution >= 0.6 is 22.6 Å². The smallest absolute Gasteiger partial charge is 0.0871 e. The highest BCUT2D eigenvalue weighted by Gasteiger charge is 2.02. The van der Waals surface area contributed by atoms with Crippen LogP contribution in [0.15, 0.2) is 42.6 Å². The quantitative estimate of drug-likeness (QED) is 0.582. The average molecular weight is 294 g/mol. The van der Waals surface area contributed by atoms with Crippen LogP contribution < -0.4 is 0 Å². The van der Waals surface area contributed by atoms with Crippen molar-refractivity contribution in [2.45, 2.75) is 0 Å². The van der Waals surface area contributed by atoms with Gasteiger partial charge >= 0.3 is 0 Å². The van der Waals surface area contributed by atoms with E-state index in [1.54, 1.807) is 0 Å². The second kappa shape index (κ2) is 2.95. The summed E-state index contributed by atoms with van der Waals surface area (Å²) in [6.45, 7) is 0. The summed E-state index contributed by atoms with van der Waals surface area (Å²) in [5.74, 6) is 0. The maximum Gasteiger partial charge on any atom is 0.0871 e. The van der Waals surface area contributed by atoms with E-state index in [0.717, 1.165) is 11.0 Å². The molecule has 0 aliphatic rings. The second-order valence-corrected chi connectivity index (χ2v) is 4.27. The van der Waals surface area contributed by atoms with E-state index in [0.29, 0.717) is 0 Å². The largest absolute Gasteiger partial charge is 0.301 e.